The smallest absolute Gasteiger partial charge is 0.223 e. The Kier molecular flexibility index (Phi) is 13.5. The predicted molar refractivity (Wildman–Crippen MR) is 271 cm³/mol. The fraction of sp³-hybridized carbons (Fsp3) is 0.214. The van der Waals surface area contributed by atoms with Gasteiger partial charge in [-0.3, -0.25) is 17.9 Å². The largest absolute Gasteiger partial charge is 0.354 e. The van der Waals surface area contributed by atoms with Crippen molar-refractivity contribution in [2.24, 2.45) is 0 Å². The molecule has 0 atom stereocenters. The van der Waals surface area contributed by atoms with Crippen molar-refractivity contribution in [2.75, 3.05) is 84.6 Å². The maximum atomic E-state index is 16.9. The molecule has 80 heavy (non-hydrogen) atoms. The SMILES string of the molecule is C[N+](C)(C)c1c(F)c(F)c(/C2=c3\cc/c([nH]3)=C(\c3c(F)c(F)c([N+](C)(C)C)c(F)c3F)c3ccc([nH]3)/C(c3c(F)c(F)c([N+](C)(C)C)c(F)c3F)=c3/cc/c([nH]3)=C(\c3c(F)c(F)c([N+](C)(C)C)c(F)c3F)c3ccc2[nH]3)c(F)c1F. The molecule has 8 nitrogen and oxygen atoms in total. The van der Waals surface area contributed by atoms with Crippen molar-refractivity contribution >= 4 is 45.0 Å². The molecule has 0 amide bonds. The van der Waals surface area contributed by atoms with Crippen LogP contribution in [0.25, 0.3) is 22.3 Å². The van der Waals surface area contributed by atoms with Crippen LogP contribution >= 0.6 is 0 Å². The summed E-state index contributed by atoms with van der Waals surface area (Å²) >= 11 is 0. The number of halogens is 16. The molecule has 0 spiro atoms. The van der Waals surface area contributed by atoms with Crippen molar-refractivity contribution < 1.29 is 70.2 Å². The van der Waals surface area contributed by atoms with Crippen molar-refractivity contribution in [1.29, 1.82) is 0 Å². The van der Waals surface area contributed by atoms with Gasteiger partial charge in [-0.05, 0) is 48.5 Å². The number of hydrogen-bond donors (Lipinski definition) is 4. The topological polar surface area (TPSA) is 63.2 Å². The molecule has 0 aliphatic carbocycles. The third-order valence-electron chi connectivity index (χ3n) is 13.5. The molecule has 4 aromatic heterocycles. The minimum Gasteiger partial charge on any atom is -0.354 e. The summed E-state index contributed by atoms with van der Waals surface area (Å²) in [6.07, 6.45) is 0. The van der Waals surface area contributed by atoms with E-state index in [0.29, 0.717) is 0 Å². The van der Waals surface area contributed by atoms with Crippen LogP contribution in [0.15, 0.2) is 48.5 Å². The Labute approximate surface area is 444 Å². The summed E-state index contributed by atoms with van der Waals surface area (Å²) in [6, 6.07) is 7.42. The molecule has 5 heterocycles. The summed E-state index contributed by atoms with van der Waals surface area (Å²) in [5.74, 6) is -31.7. The maximum Gasteiger partial charge on any atom is 0.223 e. The van der Waals surface area contributed by atoms with Gasteiger partial charge in [0.2, 0.25) is 69.3 Å². The molecule has 24 heteroatoms. The number of nitrogens with zero attached hydrogens (tertiary/aromatic N) is 4. The van der Waals surface area contributed by atoms with E-state index in [-0.39, 0.29) is 0 Å². The minimum atomic E-state index is -2.04. The van der Waals surface area contributed by atoms with Gasteiger partial charge in [-0.1, -0.05) is 0 Å². The van der Waals surface area contributed by atoms with Crippen molar-refractivity contribution in [2.45, 2.75) is 0 Å². The molecular weight excluding hydrogens is 1090 g/mol. The van der Waals surface area contributed by atoms with Gasteiger partial charge < -0.3 is 19.9 Å². The number of aromatic amines is 4. The molecule has 1 aliphatic heterocycles. The van der Waals surface area contributed by atoms with Gasteiger partial charge in [-0.2, -0.15) is 35.1 Å². The molecule has 4 aromatic carbocycles. The Balaban J connectivity index is 1.56. The second-order valence-corrected chi connectivity index (χ2v) is 22.6. The van der Waals surface area contributed by atoms with Crippen LogP contribution in [-0.2, 0) is 0 Å². The minimum absolute atomic E-state index is 0.630. The average molecular weight is 1140 g/mol. The number of fused-ring (bicyclic) bond motifs is 8. The molecule has 0 unspecified atom stereocenters. The van der Waals surface area contributed by atoms with Gasteiger partial charge in [0.25, 0.3) is 0 Å². The first kappa shape index (κ1) is 56.9. The van der Waals surface area contributed by atoms with E-state index in [1.54, 1.807) is 0 Å². The quantitative estimate of drug-likeness (QED) is 0.0667. The molecular formula is C56H48F16N8+4. The summed E-state index contributed by atoms with van der Waals surface area (Å²) < 4.78 is 263. The van der Waals surface area contributed by atoms with Gasteiger partial charge in [0, 0.05) is 66.5 Å². The van der Waals surface area contributed by atoms with Gasteiger partial charge in [0.1, 0.15) is 0 Å². The van der Waals surface area contributed by atoms with Crippen molar-refractivity contribution in [3.8, 4) is 0 Å². The summed E-state index contributed by atoms with van der Waals surface area (Å²) in [4.78, 5) is 10.5. The number of hydrogen-bond acceptors (Lipinski definition) is 0. The van der Waals surface area contributed by atoms with Crippen LogP contribution in [0.2, 0.25) is 0 Å². The van der Waals surface area contributed by atoms with Gasteiger partial charge in [-0.15, -0.1) is 0 Å². The summed E-state index contributed by atoms with van der Waals surface area (Å²) in [5.41, 5.74) is -16.5. The second-order valence-electron chi connectivity index (χ2n) is 22.6. The number of nitrogens with one attached hydrogen (secondary N) is 4. The normalized spacial score (nSPS) is 16.4. The predicted octanol–water partition coefficient (Wildman–Crippen LogP) is 9.31. The van der Waals surface area contributed by atoms with Crippen LogP contribution in [-0.4, -0.2) is 105 Å². The van der Waals surface area contributed by atoms with Crippen LogP contribution in [0.4, 0.5) is 93.0 Å². The molecule has 420 valence electrons. The highest BCUT2D eigenvalue weighted by Crippen LogP contribution is 2.42. The van der Waals surface area contributed by atoms with E-state index in [4.69, 9.17) is 0 Å². The summed E-state index contributed by atoms with van der Waals surface area (Å²) in [5, 5.41) is -2.52. The van der Waals surface area contributed by atoms with E-state index in [0.717, 1.165) is 48.5 Å². The highest BCUT2D eigenvalue weighted by atomic mass is 19.2. The number of H-pyrrole nitrogens is 4. The molecule has 0 fully saturated rings. The Morgan fingerprint density at radius 3 is 0.500 bits per heavy atom. The van der Waals surface area contributed by atoms with E-state index >= 15 is 70.2 Å². The van der Waals surface area contributed by atoms with Gasteiger partial charge >= 0.3 is 0 Å². The fourth-order valence-electron chi connectivity index (χ4n) is 10.1. The zero-order valence-electron chi connectivity index (χ0n) is 44.5. The van der Waals surface area contributed by atoms with Crippen LogP contribution in [0.3, 0.4) is 0 Å². The molecule has 0 saturated heterocycles. The Hall–Kier alpha value is -7.80. The van der Waals surface area contributed by atoms with Gasteiger partial charge in [-0.25, -0.2) is 35.1 Å². The zero-order chi connectivity index (χ0) is 59.3. The first-order valence-corrected chi connectivity index (χ1v) is 23.9. The maximum absolute atomic E-state index is 16.9. The zero-order valence-corrected chi connectivity index (χ0v) is 44.5. The van der Waals surface area contributed by atoms with E-state index < -0.39 is 222 Å². The van der Waals surface area contributed by atoms with Crippen molar-refractivity contribution in [3.63, 3.8) is 0 Å². The van der Waals surface area contributed by atoms with Gasteiger partial charge in [0.05, 0.1) is 107 Å². The number of rotatable bonds is 8. The lowest BCUT2D eigenvalue weighted by molar-refractivity contribution is 0.386. The van der Waals surface area contributed by atoms with Crippen molar-refractivity contribution in [3.05, 3.63) is 208 Å². The van der Waals surface area contributed by atoms with E-state index in [1.165, 1.54) is 84.6 Å². The summed E-state index contributed by atoms with van der Waals surface area (Å²) in [7, 11) is 14.2. The second kappa shape index (κ2) is 18.9. The highest BCUT2D eigenvalue weighted by Gasteiger charge is 2.41. The Morgan fingerprint density at radius 2 is 0.362 bits per heavy atom. The first-order valence-electron chi connectivity index (χ1n) is 23.9. The fourth-order valence-corrected chi connectivity index (χ4v) is 10.1. The Bertz CT molecular complexity index is 3600. The van der Waals surface area contributed by atoms with E-state index in [1.807, 2.05) is 0 Å². The molecule has 8 bridgehead atoms. The number of benzene rings is 4. The monoisotopic (exact) mass is 1140 g/mol. The van der Waals surface area contributed by atoms with Crippen LogP contribution in [0.5, 0.6) is 0 Å². The third kappa shape index (κ3) is 8.73. The standard InChI is InChI=1S/C56H48F16N8/c1-77(2,3)53-45(65)37(57)33(38(58)46(53)66)29-21-13-15-23(73-21)30(34-39(59)47(67)54(78(4,5)6)48(68)40(34)60)25-17-19-27(75-25)32(36-43(63)51(71)56(80(10,11)12)52(72)44(36)64)28-20-18-26(76-28)31(24-16-14-22(29)74-24)35-41(61)49(69)55(79(7,8)9)50(70)42(35)62/h13-20,73-76H,1-12H3/q+4/b29-21+,29-22?,30-23+,30-25?,31-24?,31-26+,32-27?,32-28+. The lowest BCUT2D eigenvalue weighted by Gasteiger charge is -2.25. The molecule has 8 aromatic rings. The third-order valence-corrected chi connectivity index (χ3v) is 13.5. The molecule has 1 aliphatic rings. The summed E-state index contributed by atoms with van der Waals surface area (Å²) in [6.45, 7) is 0. The lowest BCUT2D eigenvalue weighted by atomic mass is 9.99. The van der Waals surface area contributed by atoms with Crippen molar-refractivity contribution in [1.82, 2.24) is 37.9 Å². The first-order chi connectivity index (χ1) is 36.9. The van der Waals surface area contributed by atoms with Crippen LogP contribution in [0, 0.1) is 93.1 Å². The molecule has 0 radical (unpaired) electrons. The average Bonchev–Trinajstić information content (AvgIpc) is 4.20. The van der Waals surface area contributed by atoms with E-state index in [2.05, 4.69) is 19.9 Å². The molecule has 9 rings (SSSR count). The van der Waals surface area contributed by atoms with E-state index in [9.17, 15) is 0 Å². The number of quaternary nitrogens is 4. The lowest BCUT2D eigenvalue weighted by Crippen LogP contribution is -2.37. The Morgan fingerprint density at radius 1 is 0.212 bits per heavy atom. The molecule has 4 N–H and O–H groups in total. The highest BCUT2D eigenvalue weighted by molar-refractivity contribution is 5.86. The molecule has 0 saturated carbocycles. The van der Waals surface area contributed by atoms with Gasteiger partial charge in [0.15, 0.2) is 46.5 Å². The van der Waals surface area contributed by atoms with Crippen LogP contribution < -0.4 is 39.3 Å². The number of aromatic nitrogens is 4. The van der Waals surface area contributed by atoms with Crippen LogP contribution in [0.1, 0.15) is 45.0 Å².